The number of carbonyl (C=O) groups excluding carboxylic acids is 1. The number of hydrazine groups is 1. The van der Waals surface area contributed by atoms with Crippen LogP contribution in [-0.2, 0) is 4.79 Å². The highest BCUT2D eigenvalue weighted by molar-refractivity contribution is 6.32. The maximum absolute atomic E-state index is 14.3. The first kappa shape index (κ1) is 20.6. The number of rotatable bonds is 6. The Balaban J connectivity index is 2.80. The summed E-state index contributed by atoms with van der Waals surface area (Å²) in [5, 5.41) is 7.59. The average molecular weight is 402 g/mol. The number of nitrogens with one attached hydrogen (secondary N) is 1. The Morgan fingerprint density at radius 3 is 2.26 bits per heavy atom. The van der Waals surface area contributed by atoms with Gasteiger partial charge in [-0.25, -0.2) is 18.2 Å². The van der Waals surface area contributed by atoms with Crippen LogP contribution in [0.3, 0.4) is 0 Å². The van der Waals surface area contributed by atoms with E-state index in [-0.39, 0.29) is 34.9 Å². The fourth-order valence-corrected chi connectivity index (χ4v) is 2.53. The normalized spacial score (nSPS) is 11.7. The number of halogens is 4. The van der Waals surface area contributed by atoms with Gasteiger partial charge < -0.3 is 5.32 Å². The van der Waals surface area contributed by atoms with Crippen molar-refractivity contribution in [2.45, 2.75) is 19.9 Å². The molecule has 0 radical (unpaired) electrons. The molecule has 0 spiro atoms. The number of anilines is 1. The quantitative estimate of drug-likeness (QED) is 0.262. The first-order valence-corrected chi connectivity index (χ1v) is 8.14. The number of amides is 1. The van der Waals surface area contributed by atoms with Gasteiger partial charge in [0.25, 0.3) is 6.41 Å². The van der Waals surface area contributed by atoms with Crippen LogP contribution in [0.15, 0.2) is 17.2 Å². The molecular weight excluding hydrogens is 385 g/mol. The van der Waals surface area contributed by atoms with E-state index >= 15 is 0 Å². The van der Waals surface area contributed by atoms with Crippen LogP contribution in [0.25, 0.3) is 11.1 Å². The largest absolute Gasteiger partial charge is 0.479 e. The lowest BCUT2D eigenvalue weighted by Gasteiger charge is -2.14. The Hall–Kier alpha value is -2.75. The van der Waals surface area contributed by atoms with Gasteiger partial charge in [-0.05, 0) is 35.2 Å². The van der Waals surface area contributed by atoms with Gasteiger partial charge in [0.05, 0.1) is 5.56 Å². The molecule has 0 saturated carbocycles. The molecule has 0 atom stereocenters. The van der Waals surface area contributed by atoms with Crippen molar-refractivity contribution in [1.82, 2.24) is 15.0 Å². The molecule has 1 amide bonds. The van der Waals surface area contributed by atoms with Crippen LogP contribution in [0.4, 0.5) is 24.9 Å². The molecule has 0 aliphatic carbocycles. The highest BCUT2D eigenvalue weighted by Crippen LogP contribution is 2.38. The summed E-state index contributed by atoms with van der Waals surface area (Å²) in [7, 11) is 3.15. The van der Waals surface area contributed by atoms with Crippen molar-refractivity contribution in [2.75, 3.05) is 19.4 Å². The van der Waals surface area contributed by atoms with Crippen molar-refractivity contribution >= 4 is 29.8 Å². The molecular formula is C16H17ClF3N6O+. The third kappa shape index (κ3) is 4.51. The standard InChI is InChI=1S/C16H17ClF3N6O/c1-8(2)22-15-13(12-10(19)5-9(18)6-11(12)20)14(17)23-16(24-15)26(21-7-27)25(3)4/h5-8H,1-4H3,(H,22,23,24)/q+1. The number of azo groups is 1. The smallest absolute Gasteiger partial charge is 0.353 e. The molecule has 0 bridgehead atoms. The maximum atomic E-state index is 14.3. The van der Waals surface area contributed by atoms with E-state index in [1.165, 1.54) is 5.01 Å². The molecule has 0 aliphatic rings. The van der Waals surface area contributed by atoms with Crippen LogP contribution in [0.1, 0.15) is 13.8 Å². The molecule has 7 nitrogen and oxygen atoms in total. The third-order valence-corrected chi connectivity index (χ3v) is 3.52. The summed E-state index contributed by atoms with van der Waals surface area (Å²) in [5.41, 5.74) is -0.742. The molecule has 2 aromatic rings. The van der Waals surface area contributed by atoms with Gasteiger partial charge in [0.2, 0.25) is 11.0 Å². The van der Waals surface area contributed by atoms with E-state index in [1.807, 2.05) is 0 Å². The van der Waals surface area contributed by atoms with Gasteiger partial charge in [-0.1, -0.05) is 10.1 Å². The number of carbonyl (C=O) groups is 1. The Bertz CT molecular complexity index is 881. The zero-order chi connectivity index (χ0) is 20.3. The number of hydrogen-bond acceptors (Lipinski definition) is 4. The van der Waals surface area contributed by atoms with Crippen LogP contribution in [0, 0.1) is 17.5 Å². The van der Waals surface area contributed by atoms with Crippen molar-refractivity contribution in [2.24, 2.45) is 5.11 Å². The molecule has 11 heteroatoms. The zero-order valence-corrected chi connectivity index (χ0v) is 15.7. The van der Waals surface area contributed by atoms with Gasteiger partial charge in [-0.15, -0.1) is 0 Å². The molecule has 0 aliphatic heterocycles. The summed E-state index contributed by atoms with van der Waals surface area (Å²) in [6.07, 6.45) is 0.278. The number of nitrogens with zero attached hydrogens (tertiary/aromatic N) is 5. The molecule has 27 heavy (non-hydrogen) atoms. The van der Waals surface area contributed by atoms with Crippen LogP contribution in [0.2, 0.25) is 5.15 Å². The van der Waals surface area contributed by atoms with Crippen LogP contribution in [-0.4, -0.2) is 46.3 Å². The van der Waals surface area contributed by atoms with Gasteiger partial charge in [0, 0.05) is 32.3 Å². The summed E-state index contributed by atoms with van der Waals surface area (Å²) in [4.78, 5) is 20.0. The SMILES string of the molecule is CC(C)Nc1nc([N+](=NC=O)N(C)C)nc(Cl)c1-c1c(F)cc(F)cc1F. The van der Waals surface area contributed by atoms with Crippen molar-refractivity contribution in [3.63, 3.8) is 0 Å². The van der Waals surface area contributed by atoms with Gasteiger partial charge >= 0.3 is 5.95 Å². The summed E-state index contributed by atoms with van der Waals surface area (Å²) in [5.74, 6) is -3.48. The zero-order valence-electron chi connectivity index (χ0n) is 15.0. The van der Waals surface area contributed by atoms with Crippen molar-refractivity contribution in [1.29, 1.82) is 0 Å². The van der Waals surface area contributed by atoms with Crippen molar-refractivity contribution in [3.8, 4) is 11.1 Å². The molecule has 1 aromatic carbocycles. The minimum Gasteiger partial charge on any atom is -0.353 e. The molecule has 2 rings (SSSR count). The Labute approximate surface area is 158 Å². The first-order chi connectivity index (χ1) is 12.6. The Morgan fingerprint density at radius 1 is 1.19 bits per heavy atom. The molecule has 1 N–H and O–H groups in total. The van der Waals surface area contributed by atoms with E-state index in [4.69, 9.17) is 11.6 Å². The number of aromatic nitrogens is 2. The highest BCUT2D eigenvalue weighted by atomic mass is 35.5. The Morgan fingerprint density at radius 2 is 1.78 bits per heavy atom. The van der Waals surface area contributed by atoms with E-state index in [0.717, 1.165) is 4.81 Å². The fraction of sp³-hybridized carbons (Fsp3) is 0.312. The first-order valence-electron chi connectivity index (χ1n) is 7.76. The van der Waals surface area contributed by atoms with E-state index < -0.39 is 23.0 Å². The van der Waals surface area contributed by atoms with Gasteiger partial charge in [-0.3, -0.25) is 4.79 Å². The molecule has 0 fully saturated rings. The number of hydrogen-bond donors (Lipinski definition) is 1. The van der Waals surface area contributed by atoms with E-state index in [9.17, 15) is 18.0 Å². The summed E-state index contributed by atoms with van der Waals surface area (Å²) >= 11 is 6.19. The third-order valence-electron chi connectivity index (χ3n) is 3.25. The molecule has 0 unspecified atom stereocenters. The van der Waals surface area contributed by atoms with Crippen molar-refractivity contribution < 1.29 is 22.8 Å². The summed E-state index contributed by atoms with van der Waals surface area (Å²) < 4.78 is 41.9. The second-order valence-electron chi connectivity index (χ2n) is 5.94. The number of benzene rings is 1. The molecule has 1 aromatic heterocycles. The molecule has 0 saturated heterocycles. The second-order valence-corrected chi connectivity index (χ2v) is 6.30. The lowest BCUT2D eigenvalue weighted by atomic mass is 10.1. The van der Waals surface area contributed by atoms with Crippen LogP contribution < -0.4 is 5.32 Å². The second kappa shape index (κ2) is 8.30. The average Bonchev–Trinajstić information content (AvgIpc) is 2.53. The minimum absolute atomic E-state index is 0.00245. The lowest BCUT2D eigenvalue weighted by Crippen LogP contribution is -2.25. The predicted octanol–water partition coefficient (Wildman–Crippen LogP) is 3.76. The van der Waals surface area contributed by atoms with Crippen LogP contribution in [0.5, 0.6) is 0 Å². The van der Waals surface area contributed by atoms with Crippen LogP contribution >= 0.6 is 11.6 Å². The summed E-state index contributed by atoms with van der Waals surface area (Å²) in [6.45, 7) is 3.55. The predicted molar refractivity (Wildman–Crippen MR) is 93.2 cm³/mol. The topological polar surface area (TPSA) is 73.5 Å². The lowest BCUT2D eigenvalue weighted by molar-refractivity contribution is -0.667. The fourth-order valence-electron chi connectivity index (χ4n) is 2.27. The Kier molecular flexibility index (Phi) is 6.32. The van der Waals surface area contributed by atoms with E-state index in [1.54, 1.807) is 27.9 Å². The summed E-state index contributed by atoms with van der Waals surface area (Å²) in [6, 6.07) is 0.885. The molecule has 144 valence electrons. The minimum atomic E-state index is -1.15. The van der Waals surface area contributed by atoms with Gasteiger partial charge in [0.15, 0.2) is 0 Å². The van der Waals surface area contributed by atoms with Crippen molar-refractivity contribution in [3.05, 3.63) is 34.7 Å². The molecule has 1 heterocycles. The van der Waals surface area contributed by atoms with E-state index in [0.29, 0.717) is 12.1 Å². The van der Waals surface area contributed by atoms with E-state index in [2.05, 4.69) is 20.4 Å². The van der Waals surface area contributed by atoms with Gasteiger partial charge in [-0.2, -0.15) is 0 Å². The monoisotopic (exact) mass is 401 g/mol. The maximum Gasteiger partial charge on any atom is 0.479 e. The van der Waals surface area contributed by atoms with Gasteiger partial charge in [0.1, 0.15) is 23.0 Å². The highest BCUT2D eigenvalue weighted by Gasteiger charge is 2.30.